The van der Waals surface area contributed by atoms with Crippen molar-refractivity contribution in [1.29, 1.82) is 0 Å². The second-order valence-corrected chi connectivity index (χ2v) is 4.99. The van der Waals surface area contributed by atoms with Gasteiger partial charge in [0.2, 0.25) is 0 Å². The maximum Gasteiger partial charge on any atom is 0.180 e. The molecule has 0 aliphatic carbocycles. The number of fused-ring (bicyclic) bond motifs is 1. The van der Waals surface area contributed by atoms with Gasteiger partial charge in [-0.15, -0.1) is 0 Å². The Bertz CT molecular complexity index is 898. The summed E-state index contributed by atoms with van der Waals surface area (Å²) in [6.07, 6.45) is 5.70. The normalized spacial score (nSPS) is 10.7. The van der Waals surface area contributed by atoms with Gasteiger partial charge in [0.05, 0.1) is 5.69 Å². The van der Waals surface area contributed by atoms with Gasteiger partial charge in [0.25, 0.3) is 0 Å². The van der Waals surface area contributed by atoms with Crippen molar-refractivity contribution in [3.8, 4) is 11.3 Å². The predicted octanol–water partition coefficient (Wildman–Crippen LogP) is 4.14. The van der Waals surface area contributed by atoms with E-state index in [-0.39, 0.29) is 0 Å². The largest absolute Gasteiger partial charge is 0.337 e. The Kier molecular flexibility index (Phi) is 3.05. The number of rotatable bonds is 3. The fourth-order valence-electron chi connectivity index (χ4n) is 2.42. The second-order valence-electron chi connectivity index (χ2n) is 4.99. The molecule has 0 radical (unpaired) electrons. The Labute approximate surface area is 128 Å². The zero-order valence-electron chi connectivity index (χ0n) is 11.8. The summed E-state index contributed by atoms with van der Waals surface area (Å²) in [6, 6.07) is 20.1. The number of nitrogens with zero attached hydrogens (tertiary/aromatic N) is 3. The Morgan fingerprint density at radius 1 is 0.864 bits per heavy atom. The van der Waals surface area contributed by atoms with Crippen LogP contribution in [0.4, 0.5) is 11.5 Å². The molecule has 0 fully saturated rings. The number of hydrogen-bond acceptors (Lipinski definition) is 3. The van der Waals surface area contributed by atoms with Crippen LogP contribution in [0.3, 0.4) is 0 Å². The van der Waals surface area contributed by atoms with Gasteiger partial charge in [0.1, 0.15) is 0 Å². The first-order valence-electron chi connectivity index (χ1n) is 7.11. The van der Waals surface area contributed by atoms with Crippen LogP contribution in [0.2, 0.25) is 0 Å². The van der Waals surface area contributed by atoms with E-state index in [1.165, 1.54) is 0 Å². The van der Waals surface area contributed by atoms with Crippen LogP contribution in [-0.2, 0) is 0 Å². The fraction of sp³-hybridized carbons (Fsp3) is 0. The summed E-state index contributed by atoms with van der Waals surface area (Å²) < 4.78 is 1.99. The molecule has 4 aromatic rings. The number of para-hydroxylation sites is 1. The van der Waals surface area contributed by atoms with E-state index in [1.807, 2.05) is 65.3 Å². The second kappa shape index (κ2) is 5.33. The molecule has 22 heavy (non-hydrogen) atoms. The van der Waals surface area contributed by atoms with Crippen LogP contribution in [0.5, 0.6) is 0 Å². The SMILES string of the molecule is c1ccc(Nc2nc(-c3ccccc3)cn3ccnc23)cc1. The van der Waals surface area contributed by atoms with Crippen molar-refractivity contribution < 1.29 is 0 Å². The maximum absolute atomic E-state index is 4.74. The van der Waals surface area contributed by atoms with Crippen LogP contribution in [0.1, 0.15) is 0 Å². The van der Waals surface area contributed by atoms with E-state index in [0.29, 0.717) is 0 Å². The van der Waals surface area contributed by atoms with Crippen LogP contribution in [-0.4, -0.2) is 14.4 Å². The summed E-state index contributed by atoms with van der Waals surface area (Å²) in [7, 11) is 0. The first kappa shape index (κ1) is 12.6. The summed E-state index contributed by atoms with van der Waals surface area (Å²) in [5.74, 6) is 0.748. The molecule has 0 bridgehead atoms. The molecule has 4 rings (SSSR count). The average Bonchev–Trinajstić information content (AvgIpc) is 3.05. The Balaban J connectivity index is 1.84. The molecule has 2 aromatic carbocycles. The molecule has 0 saturated carbocycles. The summed E-state index contributed by atoms with van der Waals surface area (Å²) >= 11 is 0. The minimum atomic E-state index is 0.748. The van der Waals surface area contributed by atoms with Crippen molar-refractivity contribution in [3.63, 3.8) is 0 Å². The highest BCUT2D eigenvalue weighted by molar-refractivity contribution is 5.73. The minimum absolute atomic E-state index is 0.748. The molecular formula is C18H14N4. The third-order valence-corrected chi connectivity index (χ3v) is 3.48. The summed E-state index contributed by atoms with van der Waals surface area (Å²) in [6.45, 7) is 0. The first-order chi connectivity index (χ1) is 10.9. The van der Waals surface area contributed by atoms with Gasteiger partial charge in [-0.1, -0.05) is 48.5 Å². The molecule has 0 aliphatic heterocycles. The predicted molar refractivity (Wildman–Crippen MR) is 88.1 cm³/mol. The maximum atomic E-state index is 4.74. The fourth-order valence-corrected chi connectivity index (χ4v) is 2.42. The number of aromatic nitrogens is 3. The highest BCUT2D eigenvalue weighted by Crippen LogP contribution is 2.24. The van der Waals surface area contributed by atoms with Crippen LogP contribution >= 0.6 is 0 Å². The molecule has 106 valence electrons. The van der Waals surface area contributed by atoms with Gasteiger partial charge in [0, 0.05) is 29.8 Å². The van der Waals surface area contributed by atoms with Crippen molar-refractivity contribution in [2.75, 3.05) is 5.32 Å². The van der Waals surface area contributed by atoms with Gasteiger partial charge in [-0.2, -0.15) is 0 Å². The van der Waals surface area contributed by atoms with Crippen molar-refractivity contribution in [2.45, 2.75) is 0 Å². The summed E-state index contributed by atoms with van der Waals surface area (Å²) in [4.78, 5) is 9.13. The molecule has 0 amide bonds. The number of benzene rings is 2. The molecule has 0 atom stereocenters. The Hall–Kier alpha value is -3.14. The highest BCUT2D eigenvalue weighted by Gasteiger charge is 2.09. The van der Waals surface area contributed by atoms with E-state index in [1.54, 1.807) is 6.20 Å². The van der Waals surface area contributed by atoms with Gasteiger partial charge in [-0.3, -0.25) is 0 Å². The van der Waals surface area contributed by atoms with Crippen molar-refractivity contribution in [3.05, 3.63) is 79.3 Å². The Morgan fingerprint density at radius 2 is 1.59 bits per heavy atom. The van der Waals surface area contributed by atoms with E-state index < -0.39 is 0 Å². The van der Waals surface area contributed by atoms with E-state index in [9.17, 15) is 0 Å². The van der Waals surface area contributed by atoms with Gasteiger partial charge in [0.15, 0.2) is 11.5 Å². The molecule has 2 heterocycles. The lowest BCUT2D eigenvalue weighted by molar-refractivity contribution is 1.13. The highest BCUT2D eigenvalue weighted by atomic mass is 15.1. The third-order valence-electron chi connectivity index (χ3n) is 3.48. The molecule has 4 heteroatoms. The van der Waals surface area contributed by atoms with E-state index in [0.717, 1.165) is 28.4 Å². The van der Waals surface area contributed by atoms with Crippen molar-refractivity contribution in [2.24, 2.45) is 0 Å². The molecule has 0 saturated heterocycles. The lowest BCUT2D eigenvalue weighted by atomic mass is 10.2. The Morgan fingerprint density at radius 3 is 2.36 bits per heavy atom. The van der Waals surface area contributed by atoms with Crippen molar-refractivity contribution >= 4 is 17.2 Å². The van der Waals surface area contributed by atoms with Gasteiger partial charge < -0.3 is 9.72 Å². The number of imidazole rings is 1. The first-order valence-corrected chi connectivity index (χ1v) is 7.11. The van der Waals surface area contributed by atoms with E-state index >= 15 is 0 Å². The molecule has 2 aromatic heterocycles. The molecule has 1 N–H and O–H groups in total. The van der Waals surface area contributed by atoms with E-state index in [4.69, 9.17) is 4.98 Å². The standard InChI is InChI=1S/C18H14N4/c1-3-7-14(8-4-1)16-13-22-12-11-19-18(22)17(21-16)20-15-9-5-2-6-10-15/h1-13H,(H,20,21). The van der Waals surface area contributed by atoms with E-state index in [2.05, 4.69) is 22.4 Å². The molecule has 0 aliphatic rings. The quantitative estimate of drug-likeness (QED) is 0.615. The lowest BCUT2D eigenvalue weighted by Crippen LogP contribution is -2.00. The monoisotopic (exact) mass is 286 g/mol. The lowest BCUT2D eigenvalue weighted by Gasteiger charge is -2.09. The molecule has 0 spiro atoms. The molecular weight excluding hydrogens is 272 g/mol. The number of anilines is 2. The van der Waals surface area contributed by atoms with Crippen LogP contribution in [0.25, 0.3) is 16.9 Å². The van der Waals surface area contributed by atoms with Crippen LogP contribution < -0.4 is 5.32 Å². The van der Waals surface area contributed by atoms with Crippen LogP contribution in [0.15, 0.2) is 79.3 Å². The van der Waals surface area contributed by atoms with Gasteiger partial charge in [-0.25, -0.2) is 9.97 Å². The number of hydrogen-bond donors (Lipinski definition) is 1. The van der Waals surface area contributed by atoms with Crippen molar-refractivity contribution in [1.82, 2.24) is 14.4 Å². The molecule has 0 unspecified atom stereocenters. The summed E-state index contributed by atoms with van der Waals surface area (Å²) in [5.41, 5.74) is 3.78. The zero-order chi connectivity index (χ0) is 14.8. The summed E-state index contributed by atoms with van der Waals surface area (Å²) in [5, 5.41) is 3.35. The topological polar surface area (TPSA) is 42.2 Å². The number of nitrogens with one attached hydrogen (secondary N) is 1. The smallest absolute Gasteiger partial charge is 0.180 e. The van der Waals surface area contributed by atoms with Crippen LogP contribution in [0, 0.1) is 0 Å². The average molecular weight is 286 g/mol. The zero-order valence-corrected chi connectivity index (χ0v) is 11.8. The molecule has 4 nitrogen and oxygen atoms in total. The minimum Gasteiger partial charge on any atom is -0.337 e. The van der Waals surface area contributed by atoms with Gasteiger partial charge in [-0.05, 0) is 12.1 Å². The van der Waals surface area contributed by atoms with Gasteiger partial charge >= 0.3 is 0 Å². The third kappa shape index (κ3) is 2.31.